The first-order chi connectivity index (χ1) is 13.4. The molecule has 4 rings (SSSR count). The van der Waals surface area contributed by atoms with Crippen molar-refractivity contribution in [3.05, 3.63) is 47.2 Å². The Balaban J connectivity index is 1.59. The topological polar surface area (TPSA) is 87.2 Å². The number of nitrogens with zero attached hydrogens (tertiary/aromatic N) is 3. The molecule has 1 aromatic heterocycles. The molecule has 0 atom stereocenters. The molecule has 0 spiro atoms. The van der Waals surface area contributed by atoms with Gasteiger partial charge in [0.15, 0.2) is 0 Å². The summed E-state index contributed by atoms with van der Waals surface area (Å²) in [5.41, 5.74) is 2.65. The maximum Gasteiger partial charge on any atom is 0.225 e. The van der Waals surface area contributed by atoms with Gasteiger partial charge in [-0.25, -0.2) is 13.4 Å². The van der Waals surface area contributed by atoms with E-state index in [0.29, 0.717) is 31.5 Å². The van der Waals surface area contributed by atoms with Gasteiger partial charge in [-0.2, -0.15) is 9.29 Å². The van der Waals surface area contributed by atoms with E-state index in [1.165, 1.54) is 0 Å². The maximum atomic E-state index is 13.0. The number of hydrogen-bond donors (Lipinski definition) is 2. The highest BCUT2D eigenvalue weighted by molar-refractivity contribution is 7.88. The van der Waals surface area contributed by atoms with Gasteiger partial charge in [0.05, 0.1) is 11.4 Å². The Labute approximate surface area is 166 Å². The van der Waals surface area contributed by atoms with Crippen LogP contribution in [0.15, 0.2) is 30.3 Å². The molecule has 1 saturated carbocycles. The van der Waals surface area contributed by atoms with Gasteiger partial charge in [0.1, 0.15) is 5.82 Å². The van der Waals surface area contributed by atoms with E-state index < -0.39 is 10.0 Å². The summed E-state index contributed by atoms with van der Waals surface area (Å²) in [6, 6.07) is 9.99. The molecule has 0 radical (unpaired) electrons. The van der Waals surface area contributed by atoms with E-state index in [9.17, 15) is 8.42 Å². The number of anilines is 2. The molecule has 1 aromatic carbocycles. The van der Waals surface area contributed by atoms with Crippen LogP contribution in [-0.2, 0) is 28.7 Å². The number of nitrogens with one attached hydrogen (secondary N) is 2. The standard InChI is InChI=1S/C20H27N5O2S/c1-14(2)21-20-23-18-10-11-25(12-17(18)19(24-20)22-16-8-9-16)28(26,27)13-15-6-4-3-5-7-15/h3-7,14,16H,8-13H2,1-2H3,(H2,21,22,23,24). The van der Waals surface area contributed by atoms with Gasteiger partial charge in [0.25, 0.3) is 0 Å². The van der Waals surface area contributed by atoms with Crippen molar-refractivity contribution in [1.82, 2.24) is 14.3 Å². The van der Waals surface area contributed by atoms with E-state index in [1.807, 2.05) is 30.3 Å². The average Bonchev–Trinajstić information content (AvgIpc) is 3.45. The lowest BCUT2D eigenvalue weighted by Crippen LogP contribution is -2.38. The summed E-state index contributed by atoms with van der Waals surface area (Å²) in [6.07, 6.45) is 2.85. The smallest absolute Gasteiger partial charge is 0.225 e. The van der Waals surface area contributed by atoms with Gasteiger partial charge in [-0.1, -0.05) is 30.3 Å². The largest absolute Gasteiger partial charge is 0.367 e. The fourth-order valence-corrected chi connectivity index (χ4v) is 4.86. The van der Waals surface area contributed by atoms with Crippen molar-refractivity contribution in [2.24, 2.45) is 0 Å². The summed E-state index contributed by atoms with van der Waals surface area (Å²) in [6.45, 7) is 4.87. The highest BCUT2D eigenvalue weighted by Gasteiger charge is 2.32. The molecular formula is C20H27N5O2S. The van der Waals surface area contributed by atoms with Crippen LogP contribution in [0.2, 0.25) is 0 Å². The Morgan fingerprint density at radius 2 is 1.93 bits per heavy atom. The van der Waals surface area contributed by atoms with Crippen molar-refractivity contribution in [3.63, 3.8) is 0 Å². The van der Waals surface area contributed by atoms with Crippen LogP contribution in [0.25, 0.3) is 0 Å². The molecule has 0 unspecified atom stereocenters. The zero-order valence-electron chi connectivity index (χ0n) is 16.4. The molecule has 150 valence electrons. The molecule has 0 amide bonds. The zero-order chi connectivity index (χ0) is 19.7. The second kappa shape index (κ2) is 7.67. The van der Waals surface area contributed by atoms with E-state index in [2.05, 4.69) is 34.4 Å². The number of rotatable bonds is 7. The Bertz CT molecular complexity index is 943. The van der Waals surface area contributed by atoms with Crippen molar-refractivity contribution in [1.29, 1.82) is 0 Å². The Morgan fingerprint density at radius 3 is 2.61 bits per heavy atom. The molecule has 0 bridgehead atoms. The normalized spacial score (nSPS) is 17.4. The maximum absolute atomic E-state index is 13.0. The molecule has 7 nitrogen and oxygen atoms in total. The van der Waals surface area contributed by atoms with E-state index in [0.717, 1.165) is 35.5 Å². The van der Waals surface area contributed by atoms with Crippen LogP contribution in [0, 0.1) is 0 Å². The summed E-state index contributed by atoms with van der Waals surface area (Å²) in [4.78, 5) is 9.31. The van der Waals surface area contributed by atoms with Gasteiger partial charge >= 0.3 is 0 Å². The lowest BCUT2D eigenvalue weighted by atomic mass is 10.1. The highest BCUT2D eigenvalue weighted by atomic mass is 32.2. The van der Waals surface area contributed by atoms with Crippen molar-refractivity contribution in [2.75, 3.05) is 17.2 Å². The molecule has 2 aromatic rings. The molecule has 2 aliphatic rings. The van der Waals surface area contributed by atoms with Gasteiger partial charge < -0.3 is 10.6 Å². The van der Waals surface area contributed by atoms with Crippen LogP contribution in [0.1, 0.15) is 43.5 Å². The summed E-state index contributed by atoms with van der Waals surface area (Å²) in [7, 11) is -3.40. The summed E-state index contributed by atoms with van der Waals surface area (Å²) in [5.74, 6) is 1.40. The summed E-state index contributed by atoms with van der Waals surface area (Å²) < 4.78 is 27.5. The van der Waals surface area contributed by atoms with E-state index in [1.54, 1.807) is 4.31 Å². The minimum absolute atomic E-state index is 0.0163. The zero-order valence-corrected chi connectivity index (χ0v) is 17.2. The molecule has 28 heavy (non-hydrogen) atoms. The summed E-state index contributed by atoms with van der Waals surface area (Å²) in [5, 5.41) is 6.74. The molecule has 0 saturated heterocycles. The van der Waals surface area contributed by atoms with Gasteiger partial charge in [0.2, 0.25) is 16.0 Å². The molecule has 8 heteroatoms. The first kappa shape index (κ1) is 19.1. The van der Waals surface area contributed by atoms with Crippen molar-refractivity contribution in [3.8, 4) is 0 Å². The SMILES string of the molecule is CC(C)Nc1nc2c(c(NC3CC3)n1)CN(S(=O)(=O)Cc1ccccc1)CC2. The molecule has 1 fully saturated rings. The number of benzene rings is 1. The van der Waals surface area contributed by atoms with E-state index in [4.69, 9.17) is 0 Å². The van der Waals surface area contributed by atoms with Gasteiger partial charge in [0, 0.05) is 37.2 Å². The Morgan fingerprint density at radius 1 is 1.18 bits per heavy atom. The lowest BCUT2D eigenvalue weighted by molar-refractivity contribution is 0.387. The molecule has 1 aliphatic carbocycles. The number of aromatic nitrogens is 2. The van der Waals surface area contributed by atoms with Crippen LogP contribution in [0.5, 0.6) is 0 Å². The summed E-state index contributed by atoms with van der Waals surface area (Å²) >= 11 is 0. The third-order valence-electron chi connectivity index (χ3n) is 4.95. The van der Waals surface area contributed by atoms with E-state index in [-0.39, 0.29) is 11.8 Å². The first-order valence-electron chi connectivity index (χ1n) is 9.85. The Kier molecular flexibility index (Phi) is 5.25. The second-order valence-corrected chi connectivity index (χ2v) is 9.83. The quantitative estimate of drug-likeness (QED) is 0.742. The van der Waals surface area contributed by atoms with E-state index >= 15 is 0 Å². The highest BCUT2D eigenvalue weighted by Crippen LogP contribution is 2.31. The molecular weight excluding hydrogens is 374 g/mol. The van der Waals surface area contributed by atoms with Gasteiger partial charge in [-0.3, -0.25) is 0 Å². The monoisotopic (exact) mass is 401 g/mol. The number of sulfonamides is 1. The first-order valence-corrected chi connectivity index (χ1v) is 11.5. The number of hydrogen-bond acceptors (Lipinski definition) is 6. The van der Waals surface area contributed by atoms with Crippen LogP contribution in [0.3, 0.4) is 0 Å². The second-order valence-electron chi connectivity index (χ2n) is 7.86. The molecule has 2 N–H and O–H groups in total. The third kappa shape index (κ3) is 4.44. The fourth-order valence-electron chi connectivity index (χ4n) is 3.37. The Hall–Kier alpha value is -2.19. The minimum atomic E-state index is -3.40. The predicted octanol–water partition coefficient (Wildman–Crippen LogP) is 2.76. The minimum Gasteiger partial charge on any atom is -0.367 e. The predicted molar refractivity (Wildman–Crippen MR) is 111 cm³/mol. The van der Waals surface area contributed by atoms with Crippen molar-refractivity contribution < 1.29 is 8.42 Å². The van der Waals surface area contributed by atoms with Crippen LogP contribution < -0.4 is 10.6 Å². The van der Waals surface area contributed by atoms with Crippen molar-refractivity contribution in [2.45, 2.75) is 57.5 Å². The third-order valence-corrected chi connectivity index (χ3v) is 6.74. The lowest BCUT2D eigenvalue weighted by Gasteiger charge is -2.29. The number of fused-ring (bicyclic) bond motifs is 1. The van der Waals surface area contributed by atoms with Crippen LogP contribution in [-0.4, -0.2) is 41.3 Å². The van der Waals surface area contributed by atoms with Crippen LogP contribution in [0.4, 0.5) is 11.8 Å². The van der Waals surface area contributed by atoms with Crippen LogP contribution >= 0.6 is 0 Å². The molecule has 1 aliphatic heterocycles. The van der Waals surface area contributed by atoms with Gasteiger partial charge in [-0.05, 0) is 32.3 Å². The molecule has 2 heterocycles. The fraction of sp³-hybridized carbons (Fsp3) is 0.500. The van der Waals surface area contributed by atoms with Gasteiger partial charge in [-0.15, -0.1) is 0 Å². The van der Waals surface area contributed by atoms with Crippen molar-refractivity contribution >= 4 is 21.8 Å². The average molecular weight is 402 g/mol.